The van der Waals surface area contributed by atoms with Gasteiger partial charge in [-0.2, -0.15) is 0 Å². The van der Waals surface area contributed by atoms with Gasteiger partial charge in [0, 0.05) is 19.1 Å². The Morgan fingerprint density at radius 1 is 1.52 bits per heavy atom. The minimum absolute atomic E-state index is 0.135. The molecule has 1 heterocycles. The Balaban J connectivity index is 1.71. The third-order valence-corrected chi connectivity index (χ3v) is 4.39. The third kappa shape index (κ3) is 3.09. The lowest BCUT2D eigenvalue weighted by Crippen LogP contribution is -2.44. The summed E-state index contributed by atoms with van der Waals surface area (Å²) in [6.45, 7) is 2.11. The van der Waals surface area contributed by atoms with Gasteiger partial charge in [0.05, 0.1) is 26.2 Å². The third-order valence-electron chi connectivity index (χ3n) is 4.39. The molecule has 3 rings (SSSR count). The second-order valence-electron chi connectivity index (χ2n) is 5.67. The zero-order valence-electron chi connectivity index (χ0n) is 12.2. The number of morpholine rings is 1. The smallest absolute Gasteiger partial charge is 0.308 e. The molecule has 2 atom stereocenters. The predicted molar refractivity (Wildman–Crippen MR) is 75.4 cm³/mol. The lowest BCUT2D eigenvalue weighted by molar-refractivity contribution is -0.146. The van der Waals surface area contributed by atoms with Crippen LogP contribution in [0.4, 0.5) is 4.39 Å². The van der Waals surface area contributed by atoms with Crippen LogP contribution in [0, 0.1) is 5.82 Å². The monoisotopic (exact) mass is 293 g/mol. The summed E-state index contributed by atoms with van der Waals surface area (Å²) in [4.78, 5) is 13.7. The fraction of sp³-hybridized carbons (Fsp3) is 0.562. The minimum atomic E-state index is -0.250. The van der Waals surface area contributed by atoms with Crippen LogP contribution >= 0.6 is 0 Å². The molecule has 0 aromatic heterocycles. The number of benzene rings is 1. The zero-order chi connectivity index (χ0) is 14.8. The number of esters is 1. The molecular formula is C16H20FNO3. The molecule has 21 heavy (non-hydrogen) atoms. The van der Waals surface area contributed by atoms with E-state index < -0.39 is 0 Å². The predicted octanol–water partition coefficient (Wildman–Crippen LogP) is 2.08. The van der Waals surface area contributed by atoms with Crippen molar-refractivity contribution in [3.8, 4) is 0 Å². The molecule has 1 aromatic rings. The standard InChI is InChI=1S/C16H20FNO3/c1-20-16(19)9-13-10-18(6-7-21-13)15-5-3-11-2-4-12(17)8-14(11)15/h2,4,8,13,15H,3,5-7,9-10H2,1H3/t13-,15+/m0/s1. The lowest BCUT2D eigenvalue weighted by Gasteiger charge is -2.36. The Kier molecular flexibility index (Phi) is 4.22. The van der Waals surface area contributed by atoms with Gasteiger partial charge in [-0.05, 0) is 36.1 Å². The topological polar surface area (TPSA) is 38.8 Å². The summed E-state index contributed by atoms with van der Waals surface area (Å²) in [5.74, 6) is -0.431. The molecule has 0 unspecified atom stereocenters. The van der Waals surface area contributed by atoms with E-state index in [4.69, 9.17) is 9.47 Å². The summed E-state index contributed by atoms with van der Waals surface area (Å²) in [7, 11) is 1.39. The number of nitrogens with zero attached hydrogens (tertiary/aromatic N) is 1. The maximum Gasteiger partial charge on any atom is 0.308 e. The van der Waals surface area contributed by atoms with E-state index in [1.165, 1.54) is 18.7 Å². The molecule has 1 aliphatic carbocycles. The van der Waals surface area contributed by atoms with Crippen molar-refractivity contribution >= 4 is 5.97 Å². The lowest BCUT2D eigenvalue weighted by atomic mass is 10.0. The average molecular weight is 293 g/mol. The number of carbonyl (C=O) groups is 1. The SMILES string of the molecule is COC(=O)C[C@H]1CN([C@@H]2CCc3ccc(F)cc32)CCO1. The second-order valence-corrected chi connectivity index (χ2v) is 5.67. The molecule has 0 bridgehead atoms. The van der Waals surface area contributed by atoms with Gasteiger partial charge >= 0.3 is 5.97 Å². The van der Waals surface area contributed by atoms with Crippen molar-refractivity contribution in [1.29, 1.82) is 0 Å². The second kappa shape index (κ2) is 6.12. The first-order valence-corrected chi connectivity index (χ1v) is 7.38. The Morgan fingerprint density at radius 2 is 2.38 bits per heavy atom. The van der Waals surface area contributed by atoms with Crippen LogP contribution in [0.1, 0.15) is 30.0 Å². The van der Waals surface area contributed by atoms with E-state index in [1.54, 1.807) is 6.07 Å². The van der Waals surface area contributed by atoms with Crippen molar-refractivity contribution in [2.45, 2.75) is 31.4 Å². The van der Waals surface area contributed by atoms with E-state index in [1.807, 2.05) is 6.07 Å². The van der Waals surface area contributed by atoms with E-state index in [-0.39, 0.29) is 30.4 Å². The van der Waals surface area contributed by atoms with Gasteiger partial charge in [0.15, 0.2) is 0 Å². The van der Waals surface area contributed by atoms with Crippen molar-refractivity contribution in [2.24, 2.45) is 0 Å². The average Bonchev–Trinajstić information content (AvgIpc) is 2.90. The van der Waals surface area contributed by atoms with Gasteiger partial charge in [-0.25, -0.2) is 4.39 Å². The highest BCUT2D eigenvalue weighted by Gasteiger charge is 2.32. The summed E-state index contributed by atoms with van der Waals surface area (Å²) in [6, 6.07) is 5.30. The molecular weight excluding hydrogens is 273 g/mol. The molecule has 0 amide bonds. The van der Waals surface area contributed by atoms with Crippen LogP contribution in [-0.4, -0.2) is 43.8 Å². The molecule has 1 fully saturated rings. The van der Waals surface area contributed by atoms with Gasteiger partial charge in [0.1, 0.15) is 5.82 Å². The van der Waals surface area contributed by atoms with Gasteiger partial charge in [0.2, 0.25) is 0 Å². The summed E-state index contributed by atoms with van der Waals surface area (Å²) in [5, 5.41) is 0. The molecule has 5 heteroatoms. The van der Waals surface area contributed by atoms with Crippen molar-refractivity contribution in [1.82, 2.24) is 4.90 Å². The van der Waals surface area contributed by atoms with Crippen LogP contribution < -0.4 is 0 Å². The highest BCUT2D eigenvalue weighted by atomic mass is 19.1. The van der Waals surface area contributed by atoms with Crippen LogP contribution in [0.5, 0.6) is 0 Å². The molecule has 0 N–H and O–H groups in total. The first-order valence-electron chi connectivity index (χ1n) is 7.38. The Labute approximate surface area is 123 Å². The fourth-order valence-corrected chi connectivity index (χ4v) is 3.35. The number of hydrogen-bond acceptors (Lipinski definition) is 4. The number of methoxy groups -OCH3 is 1. The normalized spacial score (nSPS) is 25.6. The van der Waals surface area contributed by atoms with Crippen LogP contribution in [0.3, 0.4) is 0 Å². The summed E-state index contributed by atoms with van der Waals surface area (Å²) in [6.07, 6.45) is 2.13. The van der Waals surface area contributed by atoms with Gasteiger partial charge in [0.25, 0.3) is 0 Å². The highest BCUT2D eigenvalue weighted by Crippen LogP contribution is 2.37. The maximum atomic E-state index is 13.5. The summed E-state index contributed by atoms with van der Waals surface area (Å²) in [5.41, 5.74) is 2.33. The number of aryl methyl sites for hydroxylation is 1. The minimum Gasteiger partial charge on any atom is -0.469 e. The van der Waals surface area contributed by atoms with Crippen LogP contribution in [0.2, 0.25) is 0 Å². The van der Waals surface area contributed by atoms with E-state index in [9.17, 15) is 9.18 Å². The number of hydrogen-bond donors (Lipinski definition) is 0. The molecule has 1 aliphatic heterocycles. The summed E-state index contributed by atoms with van der Waals surface area (Å²) >= 11 is 0. The van der Waals surface area contributed by atoms with E-state index in [0.717, 1.165) is 24.9 Å². The highest BCUT2D eigenvalue weighted by molar-refractivity contribution is 5.69. The summed E-state index contributed by atoms with van der Waals surface area (Å²) < 4.78 is 23.8. The first-order chi connectivity index (χ1) is 10.2. The van der Waals surface area contributed by atoms with Crippen molar-refractivity contribution in [3.63, 3.8) is 0 Å². The van der Waals surface area contributed by atoms with Crippen LogP contribution in [-0.2, 0) is 20.7 Å². The molecule has 0 saturated carbocycles. The molecule has 2 aliphatic rings. The fourth-order valence-electron chi connectivity index (χ4n) is 3.35. The van der Waals surface area contributed by atoms with Gasteiger partial charge < -0.3 is 9.47 Å². The van der Waals surface area contributed by atoms with E-state index >= 15 is 0 Å². The molecule has 1 saturated heterocycles. The van der Waals surface area contributed by atoms with E-state index in [2.05, 4.69) is 4.90 Å². The number of halogens is 1. The number of carbonyl (C=O) groups excluding carboxylic acids is 1. The molecule has 0 radical (unpaired) electrons. The number of ether oxygens (including phenoxy) is 2. The quantitative estimate of drug-likeness (QED) is 0.800. The van der Waals surface area contributed by atoms with Gasteiger partial charge in [-0.1, -0.05) is 6.07 Å². The zero-order valence-corrected chi connectivity index (χ0v) is 12.2. The van der Waals surface area contributed by atoms with Crippen molar-refractivity contribution < 1.29 is 18.7 Å². The molecule has 114 valence electrons. The number of fused-ring (bicyclic) bond motifs is 1. The van der Waals surface area contributed by atoms with Crippen LogP contribution in [0.15, 0.2) is 18.2 Å². The van der Waals surface area contributed by atoms with Gasteiger partial charge in [-0.3, -0.25) is 9.69 Å². The largest absolute Gasteiger partial charge is 0.469 e. The molecule has 1 aromatic carbocycles. The molecule has 0 spiro atoms. The molecule has 4 nitrogen and oxygen atoms in total. The Morgan fingerprint density at radius 3 is 3.19 bits per heavy atom. The van der Waals surface area contributed by atoms with Crippen molar-refractivity contribution in [3.05, 3.63) is 35.1 Å². The van der Waals surface area contributed by atoms with Crippen LogP contribution in [0.25, 0.3) is 0 Å². The Hall–Kier alpha value is -1.46. The maximum absolute atomic E-state index is 13.5. The van der Waals surface area contributed by atoms with E-state index in [0.29, 0.717) is 13.2 Å². The Bertz CT molecular complexity index is 534. The van der Waals surface area contributed by atoms with Gasteiger partial charge in [-0.15, -0.1) is 0 Å². The van der Waals surface area contributed by atoms with Crippen molar-refractivity contribution in [2.75, 3.05) is 26.8 Å². The first kappa shape index (κ1) is 14.5. The number of rotatable bonds is 3.